The summed E-state index contributed by atoms with van der Waals surface area (Å²) in [5.41, 5.74) is 4.89. The lowest BCUT2D eigenvalue weighted by molar-refractivity contribution is 0.102. The van der Waals surface area contributed by atoms with Gasteiger partial charge < -0.3 is 15.0 Å². The van der Waals surface area contributed by atoms with E-state index >= 15 is 0 Å². The molecule has 166 valence electrons. The summed E-state index contributed by atoms with van der Waals surface area (Å²) in [6, 6.07) is 20.6. The first kappa shape index (κ1) is 22.3. The summed E-state index contributed by atoms with van der Waals surface area (Å²) in [6.45, 7) is 1.09. The van der Waals surface area contributed by atoms with Crippen molar-refractivity contribution in [2.45, 2.75) is 0 Å². The van der Waals surface area contributed by atoms with Crippen LogP contribution in [0.4, 0.5) is 17.1 Å². The summed E-state index contributed by atoms with van der Waals surface area (Å²) in [5, 5.41) is 3.55. The minimum absolute atomic E-state index is 0.193. The molecule has 1 heterocycles. The highest BCUT2D eigenvalue weighted by Crippen LogP contribution is 2.32. The highest BCUT2D eigenvalue weighted by Gasteiger charge is 2.19. The normalized spacial score (nSPS) is 16.0. The first-order valence-electron chi connectivity index (χ1n) is 10.1. The average Bonchev–Trinajstić information content (AvgIpc) is 2.81. The molecule has 0 aromatic heterocycles. The van der Waals surface area contributed by atoms with Gasteiger partial charge in [0, 0.05) is 47.3 Å². The van der Waals surface area contributed by atoms with Crippen molar-refractivity contribution in [1.29, 1.82) is 0 Å². The van der Waals surface area contributed by atoms with Crippen LogP contribution in [-0.4, -0.2) is 43.3 Å². The molecule has 1 fully saturated rings. The monoisotopic (exact) mass is 469 g/mol. The minimum atomic E-state index is -1.21. The predicted molar refractivity (Wildman–Crippen MR) is 132 cm³/mol. The van der Waals surface area contributed by atoms with Gasteiger partial charge in [-0.1, -0.05) is 23.7 Å². The molecule has 0 spiro atoms. The fraction of sp³-hybridized carbons (Fsp3) is 0.208. The molecule has 0 radical (unpaired) electrons. The summed E-state index contributed by atoms with van der Waals surface area (Å²) in [6.07, 6.45) is 0. The van der Waals surface area contributed by atoms with Gasteiger partial charge in [0.15, 0.2) is 0 Å². The predicted octanol–water partition coefficient (Wildman–Crippen LogP) is 4.78. The van der Waals surface area contributed by atoms with Crippen molar-refractivity contribution in [2.75, 3.05) is 47.7 Å². The zero-order chi connectivity index (χ0) is 22.7. The van der Waals surface area contributed by atoms with Crippen molar-refractivity contribution in [3.05, 3.63) is 77.3 Å². The maximum absolute atomic E-state index is 12.8. The molecular formula is C24H24ClN3O3S. The second-order valence-electron chi connectivity index (χ2n) is 7.59. The quantitative estimate of drug-likeness (QED) is 0.584. The summed E-state index contributed by atoms with van der Waals surface area (Å²) >= 11 is 6.43. The summed E-state index contributed by atoms with van der Waals surface area (Å²) in [7, 11) is 2.77. The number of hydrogen-bond donors (Lipinski definition) is 1. The highest BCUT2D eigenvalue weighted by molar-refractivity contribution is 7.86. The van der Waals surface area contributed by atoms with Gasteiger partial charge in [-0.15, -0.1) is 0 Å². The molecule has 1 unspecified atom stereocenters. The third-order valence-corrected chi connectivity index (χ3v) is 6.79. The number of carbonyl (C=O) groups excluding carboxylic acids is 1. The van der Waals surface area contributed by atoms with Crippen molar-refractivity contribution >= 4 is 45.6 Å². The molecule has 0 saturated carbocycles. The second-order valence-corrected chi connectivity index (χ2v) is 9.31. The minimum Gasteiger partial charge on any atom is -0.378 e. The van der Waals surface area contributed by atoms with Crippen LogP contribution in [0.1, 0.15) is 10.4 Å². The number of rotatable bonds is 5. The molecule has 3 aromatic carbocycles. The summed E-state index contributed by atoms with van der Waals surface area (Å²) < 4.78 is 19.1. The number of halogens is 1. The molecule has 1 aliphatic heterocycles. The Kier molecular flexibility index (Phi) is 6.79. The lowest BCUT2D eigenvalue weighted by Gasteiger charge is -2.27. The van der Waals surface area contributed by atoms with Crippen LogP contribution in [0.5, 0.6) is 0 Å². The first-order valence-corrected chi connectivity index (χ1v) is 11.8. The largest absolute Gasteiger partial charge is 0.378 e. The average molecular weight is 470 g/mol. The van der Waals surface area contributed by atoms with Gasteiger partial charge in [-0.25, -0.2) is 4.21 Å². The van der Waals surface area contributed by atoms with Crippen molar-refractivity contribution < 1.29 is 13.7 Å². The smallest absolute Gasteiger partial charge is 0.255 e. The standard InChI is InChI=1S/C24H24ClN3O3S/c1-27(2)20-8-3-17(4-9-20)22-15-19(7-12-23(22)25)26-24(29)18-5-10-21(11-6-18)28-13-14-31-16-32(28)30/h3-12,15H,13-14,16H2,1-2H3,(H,26,29). The van der Waals surface area contributed by atoms with Gasteiger partial charge in [0.05, 0.1) is 13.2 Å². The van der Waals surface area contributed by atoms with E-state index in [1.807, 2.05) is 49.3 Å². The second kappa shape index (κ2) is 9.73. The van der Waals surface area contributed by atoms with Crippen LogP contribution in [0, 0.1) is 0 Å². The van der Waals surface area contributed by atoms with Gasteiger partial charge in [0.1, 0.15) is 16.9 Å². The van der Waals surface area contributed by atoms with Crippen LogP contribution < -0.4 is 14.5 Å². The Morgan fingerprint density at radius 3 is 2.44 bits per heavy atom. The van der Waals surface area contributed by atoms with Crippen LogP contribution in [0.15, 0.2) is 66.7 Å². The number of nitrogens with one attached hydrogen (secondary N) is 1. The summed E-state index contributed by atoms with van der Waals surface area (Å²) in [4.78, 5) is 14.8. The van der Waals surface area contributed by atoms with E-state index < -0.39 is 11.0 Å². The Hall–Kier alpha value is -2.87. The van der Waals surface area contributed by atoms with Gasteiger partial charge in [-0.05, 0) is 60.2 Å². The van der Waals surface area contributed by atoms with Crippen molar-refractivity contribution in [3.63, 3.8) is 0 Å². The number of benzene rings is 3. The van der Waals surface area contributed by atoms with Crippen LogP contribution in [0.2, 0.25) is 5.02 Å². The molecule has 1 amide bonds. The molecule has 3 aromatic rings. The Bertz CT molecular complexity index is 1130. The van der Waals surface area contributed by atoms with Gasteiger partial charge in [-0.3, -0.25) is 9.10 Å². The van der Waals surface area contributed by atoms with Gasteiger partial charge in [0.2, 0.25) is 0 Å². The molecule has 1 saturated heterocycles. The fourth-order valence-electron chi connectivity index (χ4n) is 3.44. The number of nitrogens with zero attached hydrogens (tertiary/aromatic N) is 2. The first-order chi connectivity index (χ1) is 15.4. The number of ether oxygens (including phenoxy) is 1. The molecule has 0 aliphatic carbocycles. The van der Waals surface area contributed by atoms with Crippen LogP contribution in [0.25, 0.3) is 11.1 Å². The molecule has 4 rings (SSSR count). The number of hydrogen-bond acceptors (Lipinski definition) is 4. The van der Waals surface area contributed by atoms with Crippen LogP contribution in [-0.2, 0) is 15.7 Å². The third kappa shape index (κ3) is 4.96. The summed E-state index contributed by atoms with van der Waals surface area (Å²) in [5.74, 6) is -0.0326. The molecule has 32 heavy (non-hydrogen) atoms. The topological polar surface area (TPSA) is 61.9 Å². The maximum Gasteiger partial charge on any atom is 0.255 e. The number of carbonyl (C=O) groups is 1. The molecule has 8 heteroatoms. The Morgan fingerprint density at radius 2 is 1.78 bits per heavy atom. The molecule has 1 atom stereocenters. The zero-order valence-corrected chi connectivity index (χ0v) is 19.4. The van der Waals surface area contributed by atoms with Crippen LogP contribution in [0.3, 0.4) is 0 Å². The number of anilines is 3. The van der Waals surface area contributed by atoms with E-state index in [-0.39, 0.29) is 11.8 Å². The van der Waals surface area contributed by atoms with E-state index in [0.717, 1.165) is 22.5 Å². The Labute approximate surface area is 195 Å². The van der Waals surface area contributed by atoms with E-state index in [9.17, 15) is 9.00 Å². The molecule has 6 nitrogen and oxygen atoms in total. The molecule has 1 N–H and O–H groups in total. The van der Waals surface area contributed by atoms with E-state index in [0.29, 0.717) is 29.4 Å². The maximum atomic E-state index is 12.8. The van der Waals surface area contributed by atoms with Gasteiger partial charge in [-0.2, -0.15) is 0 Å². The SMILES string of the molecule is CN(C)c1ccc(-c2cc(NC(=O)c3ccc(N4CCOCS4=O)cc3)ccc2Cl)cc1. The zero-order valence-electron chi connectivity index (χ0n) is 17.9. The molecule has 1 aliphatic rings. The van der Waals surface area contributed by atoms with E-state index in [1.54, 1.807) is 40.7 Å². The van der Waals surface area contributed by atoms with E-state index in [1.165, 1.54) is 0 Å². The Balaban J connectivity index is 1.49. The molecule has 0 bridgehead atoms. The Morgan fingerprint density at radius 1 is 1.06 bits per heavy atom. The molecular weight excluding hydrogens is 446 g/mol. The van der Waals surface area contributed by atoms with E-state index in [4.69, 9.17) is 16.3 Å². The lowest BCUT2D eigenvalue weighted by Crippen LogP contribution is -2.36. The van der Waals surface area contributed by atoms with Crippen molar-refractivity contribution in [1.82, 2.24) is 0 Å². The number of amides is 1. The van der Waals surface area contributed by atoms with Gasteiger partial charge >= 0.3 is 0 Å². The van der Waals surface area contributed by atoms with Crippen molar-refractivity contribution in [3.8, 4) is 11.1 Å². The highest BCUT2D eigenvalue weighted by atomic mass is 35.5. The third-order valence-electron chi connectivity index (χ3n) is 5.21. The van der Waals surface area contributed by atoms with E-state index in [2.05, 4.69) is 5.32 Å². The van der Waals surface area contributed by atoms with Crippen LogP contribution >= 0.6 is 11.6 Å². The van der Waals surface area contributed by atoms with Gasteiger partial charge in [0.25, 0.3) is 5.91 Å². The lowest BCUT2D eigenvalue weighted by atomic mass is 10.0. The van der Waals surface area contributed by atoms with Crippen molar-refractivity contribution in [2.24, 2.45) is 0 Å². The fourth-order valence-corrected chi connectivity index (χ4v) is 4.68.